The first-order valence-electron chi connectivity index (χ1n) is 24.4. The highest BCUT2D eigenvalue weighted by Crippen LogP contribution is 2.49. The maximum absolute atomic E-state index is 2.57. The van der Waals surface area contributed by atoms with Crippen LogP contribution in [0.1, 0.15) is 17.9 Å². The fraction of sp³-hybridized carbons (Fsp3) is 0.0606. The quantitative estimate of drug-likeness (QED) is 0.104. The molecular formula is C66H50N2Si. The first-order valence-corrected chi connectivity index (χ1v) is 26.4. The van der Waals surface area contributed by atoms with Crippen LogP contribution in [-0.4, -0.2) is 18.7 Å². The molecular weight excluding hydrogens is 849 g/mol. The van der Waals surface area contributed by atoms with Crippen molar-refractivity contribution in [2.24, 2.45) is 0 Å². The second-order valence-corrected chi connectivity index (χ2v) is 22.8. The monoisotopic (exact) mass is 898 g/mol. The Morgan fingerprint density at radius 1 is 0.377 bits per heavy atom. The van der Waals surface area contributed by atoms with Gasteiger partial charge in [0.1, 0.15) is 0 Å². The van der Waals surface area contributed by atoms with Gasteiger partial charge >= 0.3 is 0 Å². The lowest BCUT2D eigenvalue weighted by Gasteiger charge is -2.40. The minimum absolute atomic E-state index is 0.177. The van der Waals surface area contributed by atoms with E-state index >= 15 is 0 Å². The van der Waals surface area contributed by atoms with Crippen LogP contribution in [0.3, 0.4) is 0 Å². The van der Waals surface area contributed by atoms with Crippen LogP contribution in [0.15, 0.2) is 273 Å². The molecule has 2 aliphatic carbocycles. The largest absolute Gasteiger partial charge is 0.333 e. The van der Waals surface area contributed by atoms with E-state index in [4.69, 9.17) is 0 Å². The summed E-state index contributed by atoms with van der Waals surface area (Å²) in [5.74, 6) is 0.237. The fourth-order valence-corrected chi connectivity index (χ4v) is 17.3. The van der Waals surface area contributed by atoms with Crippen LogP contribution in [0.2, 0.25) is 5.54 Å². The molecule has 13 rings (SSSR count). The van der Waals surface area contributed by atoms with Gasteiger partial charge in [-0.2, -0.15) is 0 Å². The van der Waals surface area contributed by atoms with Crippen molar-refractivity contribution in [1.82, 2.24) is 4.57 Å². The van der Waals surface area contributed by atoms with E-state index in [1.54, 1.807) is 0 Å². The summed E-state index contributed by atoms with van der Waals surface area (Å²) in [4.78, 5) is 2.57. The molecule has 3 atom stereocenters. The van der Waals surface area contributed by atoms with Crippen LogP contribution in [0, 0.1) is 0 Å². The van der Waals surface area contributed by atoms with Crippen molar-refractivity contribution in [3.8, 4) is 39.1 Å². The van der Waals surface area contributed by atoms with E-state index in [1.165, 1.54) is 87.7 Å². The number of nitrogens with zero attached hydrogens (tertiary/aromatic N) is 2. The molecule has 10 aromatic rings. The number of rotatable bonds is 9. The number of fused-ring (bicyclic) bond motifs is 6. The Kier molecular flexibility index (Phi) is 10.2. The van der Waals surface area contributed by atoms with Crippen LogP contribution >= 0.6 is 0 Å². The van der Waals surface area contributed by atoms with Gasteiger partial charge in [-0.25, -0.2) is 0 Å². The van der Waals surface area contributed by atoms with Crippen molar-refractivity contribution >= 4 is 56.8 Å². The van der Waals surface area contributed by atoms with Gasteiger partial charge in [-0.15, -0.1) is 0 Å². The van der Waals surface area contributed by atoms with Crippen molar-refractivity contribution in [1.29, 1.82) is 0 Å². The van der Waals surface area contributed by atoms with Gasteiger partial charge in [0, 0.05) is 33.8 Å². The van der Waals surface area contributed by atoms with Gasteiger partial charge in [0.05, 0.1) is 17.1 Å². The van der Waals surface area contributed by atoms with Gasteiger partial charge in [0.2, 0.25) is 0 Å². The lowest BCUT2D eigenvalue weighted by molar-refractivity contribution is 0.745. The van der Waals surface area contributed by atoms with Gasteiger partial charge in [0.25, 0.3) is 0 Å². The fourth-order valence-electron chi connectivity index (χ4n) is 11.9. The summed E-state index contributed by atoms with van der Waals surface area (Å²) >= 11 is 0. The Bertz CT molecular complexity index is 3630. The van der Waals surface area contributed by atoms with Crippen LogP contribution in [0.25, 0.3) is 60.9 Å². The predicted molar refractivity (Wildman–Crippen MR) is 295 cm³/mol. The maximum atomic E-state index is 2.57. The molecule has 0 radical (unpaired) electrons. The molecule has 0 saturated carbocycles. The highest BCUT2D eigenvalue weighted by molar-refractivity contribution is 7.12. The molecule has 1 aliphatic heterocycles. The Balaban J connectivity index is 0.880. The van der Waals surface area contributed by atoms with Gasteiger partial charge in [-0.05, 0) is 121 Å². The number of hydrogen-bond donors (Lipinski definition) is 0. The van der Waals surface area contributed by atoms with Crippen molar-refractivity contribution in [2.75, 3.05) is 4.90 Å². The molecule has 0 saturated heterocycles. The molecule has 0 N–H and O–H groups in total. The van der Waals surface area contributed by atoms with E-state index < -0.39 is 8.07 Å². The lowest BCUT2D eigenvalue weighted by atomic mass is 9.89. The first-order chi connectivity index (χ1) is 34.2. The molecule has 0 bridgehead atoms. The van der Waals surface area contributed by atoms with Crippen molar-refractivity contribution in [3.63, 3.8) is 0 Å². The SMILES string of the molecule is C1=CCC([Si](c2ccccc2)(c2ccccc2)c2cccc(-c3cccc(N4c5ccc(-c6ccc7c(c6)c6ccccc6n7-c6cccc(-c7ccccc7)c6)cc5C5C=CC=CC54)c3)c2)C=C1. The highest BCUT2D eigenvalue weighted by atomic mass is 28.3. The summed E-state index contributed by atoms with van der Waals surface area (Å²) < 4.78 is 2.42. The Morgan fingerprint density at radius 2 is 0.942 bits per heavy atom. The summed E-state index contributed by atoms with van der Waals surface area (Å²) in [5.41, 5.74) is 15.2. The van der Waals surface area contributed by atoms with E-state index in [1.807, 2.05) is 0 Å². The van der Waals surface area contributed by atoms with Crippen LogP contribution in [-0.2, 0) is 0 Å². The van der Waals surface area contributed by atoms with E-state index in [-0.39, 0.29) is 12.0 Å². The van der Waals surface area contributed by atoms with E-state index in [9.17, 15) is 0 Å². The number of aromatic nitrogens is 1. The summed E-state index contributed by atoms with van der Waals surface area (Å²) in [7, 11) is -2.55. The third kappa shape index (κ3) is 6.92. The number of benzene rings is 9. The van der Waals surface area contributed by atoms with E-state index in [0.29, 0.717) is 5.54 Å². The molecule has 0 amide bonds. The second-order valence-electron chi connectivity index (χ2n) is 18.8. The molecule has 2 nitrogen and oxygen atoms in total. The van der Waals surface area contributed by atoms with Crippen molar-refractivity contribution in [3.05, 3.63) is 279 Å². The van der Waals surface area contributed by atoms with Crippen LogP contribution in [0.5, 0.6) is 0 Å². The second kappa shape index (κ2) is 17.1. The number of anilines is 2. The third-order valence-corrected chi connectivity index (χ3v) is 20.3. The topological polar surface area (TPSA) is 8.17 Å². The molecule has 0 spiro atoms. The first kappa shape index (κ1) is 41.0. The normalized spacial score (nSPS) is 17.1. The van der Waals surface area contributed by atoms with Gasteiger partial charge in [-0.3, -0.25) is 0 Å². The standard InChI is InChI=1S/C66H50N2Si/c1-5-20-47(21-6-1)48-22-17-25-53(42-48)67-63-36-15-13-34-59(63)61-45-51(38-40-65(61)67)52-39-41-66-62(46-52)60-35-14-16-37-64(60)68(66)54-26-18-23-49(43-54)50-24-19-33-58(44-50)69(55-27-7-2-8-28-55,56-29-9-3-10-30-56)57-31-11-4-12-32-57/h1-31,33-46,57,60,64H,32H2. The molecule has 9 aromatic carbocycles. The summed E-state index contributed by atoms with van der Waals surface area (Å²) in [6.45, 7) is 0. The smallest absolute Gasteiger partial charge is 0.155 e. The molecule has 1 aromatic heterocycles. The molecule has 0 fully saturated rings. The zero-order valence-electron chi connectivity index (χ0n) is 38.3. The Labute approximate surface area is 405 Å². The molecule has 3 aliphatic rings. The molecule has 3 unspecified atom stereocenters. The average Bonchev–Trinajstić information content (AvgIpc) is 3.95. The van der Waals surface area contributed by atoms with Crippen molar-refractivity contribution < 1.29 is 0 Å². The third-order valence-electron chi connectivity index (χ3n) is 15.0. The molecule has 69 heavy (non-hydrogen) atoms. The number of hydrogen-bond acceptors (Lipinski definition) is 1. The number of allylic oxidation sites excluding steroid dienone is 6. The van der Waals surface area contributed by atoms with E-state index in [2.05, 4.69) is 283 Å². The predicted octanol–water partition coefficient (Wildman–Crippen LogP) is 14.9. The summed E-state index contributed by atoms with van der Waals surface area (Å²) in [5, 5.41) is 6.84. The average molecular weight is 899 g/mol. The Morgan fingerprint density at radius 3 is 1.71 bits per heavy atom. The van der Waals surface area contributed by atoms with Crippen LogP contribution in [0.4, 0.5) is 11.4 Å². The van der Waals surface area contributed by atoms with Crippen LogP contribution < -0.4 is 20.5 Å². The zero-order valence-corrected chi connectivity index (χ0v) is 39.3. The van der Waals surface area contributed by atoms with E-state index in [0.717, 1.165) is 12.1 Å². The lowest BCUT2D eigenvalue weighted by Crippen LogP contribution is -2.69. The zero-order chi connectivity index (χ0) is 45.7. The number of para-hydroxylation sites is 1. The summed E-state index contributed by atoms with van der Waals surface area (Å²) in [6.07, 6.45) is 19.6. The molecule has 2 heterocycles. The van der Waals surface area contributed by atoms with Gasteiger partial charge in [0.15, 0.2) is 8.07 Å². The molecule has 328 valence electrons. The maximum Gasteiger partial charge on any atom is 0.155 e. The minimum Gasteiger partial charge on any atom is -0.333 e. The Hall–Kier alpha value is -8.24. The van der Waals surface area contributed by atoms with Gasteiger partial charge < -0.3 is 9.47 Å². The molecule has 3 heteroatoms. The summed E-state index contributed by atoms with van der Waals surface area (Å²) in [6, 6.07) is 84.3. The van der Waals surface area contributed by atoms with Gasteiger partial charge in [-0.1, -0.05) is 218 Å². The highest BCUT2D eigenvalue weighted by Gasteiger charge is 2.45. The van der Waals surface area contributed by atoms with Crippen molar-refractivity contribution in [2.45, 2.75) is 23.9 Å². The minimum atomic E-state index is -2.55.